The average molecular weight is 396 g/mol. The van der Waals surface area contributed by atoms with Crippen LogP contribution in [0, 0.1) is 0 Å². The van der Waals surface area contributed by atoms with Crippen molar-refractivity contribution >= 4 is 17.8 Å². The number of esters is 2. The molecule has 1 fully saturated rings. The lowest BCUT2D eigenvalue weighted by atomic mass is 10.2. The first-order valence-electron chi connectivity index (χ1n) is 8.80. The molecule has 1 aliphatic heterocycles. The van der Waals surface area contributed by atoms with Gasteiger partial charge in [-0.1, -0.05) is 0 Å². The van der Waals surface area contributed by atoms with Crippen LogP contribution in [0.25, 0.3) is 0 Å². The normalized spacial score (nSPS) is 20.0. The van der Waals surface area contributed by atoms with Gasteiger partial charge in [0.05, 0.1) is 19.8 Å². The summed E-state index contributed by atoms with van der Waals surface area (Å²) in [5.41, 5.74) is -0.132. The summed E-state index contributed by atoms with van der Waals surface area (Å²) in [4.78, 5) is 40.0. The number of ether oxygens (including phenoxy) is 5. The summed E-state index contributed by atoms with van der Waals surface area (Å²) >= 11 is 0. The summed E-state index contributed by atoms with van der Waals surface area (Å²) in [6, 6.07) is 0.487. The Balaban J connectivity index is 2.17. The summed E-state index contributed by atoms with van der Waals surface area (Å²) in [6.07, 6.45) is 2.51. The summed E-state index contributed by atoms with van der Waals surface area (Å²) < 4.78 is 26.0. The third kappa shape index (κ3) is 6.08. The molecule has 0 aliphatic carbocycles. The van der Waals surface area contributed by atoms with Gasteiger partial charge < -0.3 is 29.0 Å². The Bertz CT molecular complexity index is 709. The molecule has 1 aromatic rings. The van der Waals surface area contributed by atoms with Crippen molar-refractivity contribution in [3.05, 3.63) is 18.0 Å². The lowest BCUT2D eigenvalue weighted by molar-refractivity contribution is -0.151. The molecular weight excluding hydrogens is 372 g/mol. The van der Waals surface area contributed by atoms with Crippen LogP contribution in [0.15, 0.2) is 12.3 Å². The first-order chi connectivity index (χ1) is 13.4. The number of amides is 1. The van der Waals surface area contributed by atoms with E-state index < -0.39 is 30.7 Å². The quantitative estimate of drug-likeness (QED) is 0.550. The number of cyclic esters (lactones) is 1. The maximum Gasteiger partial charge on any atom is 0.331 e. The van der Waals surface area contributed by atoms with Crippen molar-refractivity contribution in [2.24, 2.45) is 0 Å². The van der Waals surface area contributed by atoms with Crippen molar-refractivity contribution in [2.45, 2.75) is 38.8 Å². The Kier molecular flexibility index (Phi) is 8.00. The number of carbonyl (C=O) groups excluding carboxylic acids is 3. The van der Waals surface area contributed by atoms with Crippen LogP contribution >= 0.6 is 0 Å². The van der Waals surface area contributed by atoms with Crippen molar-refractivity contribution in [1.29, 1.82) is 0 Å². The lowest BCUT2D eigenvalue weighted by Gasteiger charge is -2.19. The van der Waals surface area contributed by atoms with E-state index in [1.54, 1.807) is 6.92 Å². The van der Waals surface area contributed by atoms with E-state index >= 15 is 0 Å². The summed E-state index contributed by atoms with van der Waals surface area (Å²) in [5, 5.41) is 2.55. The zero-order chi connectivity index (χ0) is 20.5. The molecule has 2 heterocycles. The van der Waals surface area contributed by atoms with Gasteiger partial charge in [-0.15, -0.1) is 0 Å². The standard InChI is InChI=1S/C18H24N2O8/c1-11-5-4-8-25-9-13(18(23)28-11)20-17(22)15-16(27-10-26-12(2)21)14(24-3)6-7-19-15/h6-7,11,13H,4-5,8-10H2,1-3H3,(H,20,22)/t11?,13-/m0/s1. The molecule has 28 heavy (non-hydrogen) atoms. The predicted molar refractivity (Wildman–Crippen MR) is 94.9 cm³/mol. The van der Waals surface area contributed by atoms with Gasteiger partial charge in [-0.2, -0.15) is 0 Å². The van der Waals surface area contributed by atoms with E-state index in [1.165, 1.54) is 26.3 Å². The highest BCUT2D eigenvalue weighted by molar-refractivity contribution is 5.98. The first kappa shape index (κ1) is 21.4. The zero-order valence-corrected chi connectivity index (χ0v) is 16.1. The second-order valence-electron chi connectivity index (χ2n) is 6.08. The van der Waals surface area contributed by atoms with Crippen molar-refractivity contribution in [2.75, 3.05) is 27.1 Å². The van der Waals surface area contributed by atoms with Gasteiger partial charge in [0.1, 0.15) is 0 Å². The molecule has 1 amide bonds. The van der Waals surface area contributed by atoms with Crippen LogP contribution in [0.3, 0.4) is 0 Å². The molecule has 2 rings (SSSR count). The van der Waals surface area contributed by atoms with Crippen molar-refractivity contribution in [3.8, 4) is 11.5 Å². The fourth-order valence-corrected chi connectivity index (χ4v) is 2.47. The molecular formula is C18H24N2O8. The van der Waals surface area contributed by atoms with Gasteiger partial charge in [-0.25, -0.2) is 9.78 Å². The van der Waals surface area contributed by atoms with Crippen LogP contribution in [0.1, 0.15) is 37.2 Å². The van der Waals surface area contributed by atoms with Gasteiger partial charge >= 0.3 is 11.9 Å². The van der Waals surface area contributed by atoms with Gasteiger partial charge in [-0.05, 0) is 19.8 Å². The van der Waals surface area contributed by atoms with Crippen molar-refractivity contribution in [3.63, 3.8) is 0 Å². The van der Waals surface area contributed by atoms with Crippen molar-refractivity contribution in [1.82, 2.24) is 10.3 Å². The van der Waals surface area contributed by atoms with Crippen LogP contribution in [-0.2, 0) is 23.8 Å². The number of nitrogens with zero attached hydrogens (tertiary/aromatic N) is 1. The number of nitrogens with one attached hydrogen (secondary N) is 1. The Morgan fingerprint density at radius 3 is 2.89 bits per heavy atom. The van der Waals surface area contributed by atoms with Crippen LogP contribution in [-0.4, -0.2) is 62.1 Å². The van der Waals surface area contributed by atoms with E-state index in [0.717, 1.165) is 6.42 Å². The second kappa shape index (κ2) is 10.5. The Morgan fingerprint density at radius 2 is 2.18 bits per heavy atom. The van der Waals surface area contributed by atoms with E-state index in [2.05, 4.69) is 10.3 Å². The van der Waals surface area contributed by atoms with Crippen LogP contribution in [0.5, 0.6) is 11.5 Å². The third-order valence-electron chi connectivity index (χ3n) is 3.86. The minimum absolute atomic E-state index is 0.0190. The topological polar surface area (TPSA) is 122 Å². The summed E-state index contributed by atoms with van der Waals surface area (Å²) in [7, 11) is 1.39. The maximum atomic E-state index is 12.7. The third-order valence-corrected chi connectivity index (χ3v) is 3.86. The van der Waals surface area contributed by atoms with Crippen LogP contribution in [0.2, 0.25) is 0 Å². The van der Waals surface area contributed by atoms with Gasteiger partial charge in [-0.3, -0.25) is 9.59 Å². The second-order valence-corrected chi connectivity index (χ2v) is 6.08. The zero-order valence-electron chi connectivity index (χ0n) is 16.1. The molecule has 2 atom stereocenters. The lowest BCUT2D eigenvalue weighted by Crippen LogP contribution is -2.45. The van der Waals surface area contributed by atoms with Gasteiger partial charge in [0.25, 0.3) is 5.91 Å². The molecule has 1 aromatic heterocycles. The predicted octanol–water partition coefficient (Wildman–Crippen LogP) is 0.830. The summed E-state index contributed by atoms with van der Waals surface area (Å²) in [5.74, 6) is -1.63. The molecule has 10 heteroatoms. The number of aromatic nitrogens is 1. The number of pyridine rings is 1. The van der Waals surface area contributed by atoms with Gasteiger partial charge in [0, 0.05) is 25.8 Å². The Hall–Kier alpha value is -2.88. The molecule has 1 saturated heterocycles. The largest absolute Gasteiger partial charge is 0.493 e. The fraction of sp³-hybridized carbons (Fsp3) is 0.556. The maximum absolute atomic E-state index is 12.7. The highest BCUT2D eigenvalue weighted by Crippen LogP contribution is 2.29. The molecule has 10 nitrogen and oxygen atoms in total. The van der Waals surface area contributed by atoms with Crippen LogP contribution < -0.4 is 14.8 Å². The van der Waals surface area contributed by atoms with Crippen molar-refractivity contribution < 1.29 is 38.1 Å². The monoisotopic (exact) mass is 396 g/mol. The Labute approximate surface area is 162 Å². The molecule has 0 saturated carbocycles. The highest BCUT2D eigenvalue weighted by atomic mass is 16.7. The highest BCUT2D eigenvalue weighted by Gasteiger charge is 2.28. The number of methoxy groups -OCH3 is 1. The van der Waals surface area contributed by atoms with E-state index in [-0.39, 0.29) is 29.9 Å². The van der Waals surface area contributed by atoms with Crippen LogP contribution in [0.4, 0.5) is 0 Å². The molecule has 154 valence electrons. The van der Waals surface area contributed by atoms with E-state index in [0.29, 0.717) is 13.0 Å². The van der Waals surface area contributed by atoms with E-state index in [4.69, 9.17) is 23.7 Å². The van der Waals surface area contributed by atoms with Gasteiger partial charge in [0.15, 0.2) is 23.2 Å². The molecule has 0 spiro atoms. The molecule has 1 N–H and O–H groups in total. The fourth-order valence-electron chi connectivity index (χ4n) is 2.47. The Morgan fingerprint density at radius 1 is 1.39 bits per heavy atom. The number of carbonyl (C=O) groups is 3. The minimum Gasteiger partial charge on any atom is -0.493 e. The summed E-state index contributed by atoms with van der Waals surface area (Å²) in [6.45, 7) is 3.02. The van der Waals surface area contributed by atoms with E-state index in [9.17, 15) is 14.4 Å². The average Bonchev–Trinajstić information content (AvgIpc) is 2.72. The number of hydrogen-bond donors (Lipinski definition) is 1. The smallest absolute Gasteiger partial charge is 0.331 e. The molecule has 0 aromatic carbocycles. The SMILES string of the molecule is COc1ccnc(C(=O)N[C@H]2COCCCC(C)OC2=O)c1OCOC(C)=O. The minimum atomic E-state index is -0.998. The number of hydrogen-bond acceptors (Lipinski definition) is 9. The molecule has 1 unspecified atom stereocenters. The number of rotatable bonds is 6. The first-order valence-corrected chi connectivity index (χ1v) is 8.80. The van der Waals surface area contributed by atoms with E-state index in [1.807, 2.05) is 0 Å². The molecule has 1 aliphatic rings. The molecule has 0 bridgehead atoms. The molecule has 0 radical (unpaired) electrons. The van der Waals surface area contributed by atoms with Gasteiger partial charge in [0.2, 0.25) is 6.79 Å².